The molecule has 1 aromatic heterocycles. The molecule has 0 unspecified atom stereocenters. The molecule has 20 heavy (non-hydrogen) atoms. The summed E-state index contributed by atoms with van der Waals surface area (Å²) in [5, 5.41) is 4.23. The molecule has 108 valence electrons. The molecule has 1 heterocycles. The highest BCUT2D eigenvalue weighted by atomic mass is 35.5. The minimum Gasteiger partial charge on any atom is -0.486 e. The van der Waals surface area contributed by atoms with Gasteiger partial charge in [0.05, 0.1) is 16.6 Å². The second-order valence-electron chi connectivity index (χ2n) is 4.46. The van der Waals surface area contributed by atoms with Gasteiger partial charge in [-0.1, -0.05) is 30.1 Å². The zero-order chi connectivity index (χ0) is 14.5. The molecule has 0 bridgehead atoms. The maximum atomic E-state index is 5.94. The average molecular weight is 314 g/mol. The fourth-order valence-electron chi connectivity index (χ4n) is 1.80. The first-order valence-corrected chi connectivity index (χ1v) is 7.22. The highest BCUT2D eigenvalue weighted by Crippen LogP contribution is 2.27. The third-order valence-electron chi connectivity index (χ3n) is 2.88. The van der Waals surface area contributed by atoms with E-state index < -0.39 is 0 Å². The molecule has 0 atom stereocenters. The van der Waals surface area contributed by atoms with E-state index in [4.69, 9.17) is 32.4 Å². The summed E-state index contributed by atoms with van der Waals surface area (Å²) in [6, 6.07) is 7.18. The standard InChI is InChI=1S/C15H17Cl2NO2/c1-3-18-8-15-10(2)6-12(20-15)9-19-11-4-5-13(16)14(17)7-11/h4-7,18H,3,8-9H2,1-2H3. The molecule has 0 aliphatic rings. The molecule has 2 aromatic rings. The van der Waals surface area contributed by atoms with E-state index in [9.17, 15) is 0 Å². The SMILES string of the molecule is CCNCc1oc(COc2ccc(Cl)c(Cl)c2)cc1C. The predicted molar refractivity (Wildman–Crippen MR) is 81.6 cm³/mol. The van der Waals surface area contributed by atoms with Gasteiger partial charge < -0.3 is 14.5 Å². The highest BCUT2D eigenvalue weighted by molar-refractivity contribution is 6.42. The summed E-state index contributed by atoms with van der Waals surface area (Å²) < 4.78 is 11.4. The van der Waals surface area contributed by atoms with Gasteiger partial charge in [-0.15, -0.1) is 0 Å². The Morgan fingerprint density at radius 2 is 2.00 bits per heavy atom. The molecule has 0 amide bonds. The number of rotatable bonds is 6. The molecule has 0 saturated carbocycles. The van der Waals surface area contributed by atoms with E-state index in [0.29, 0.717) is 22.4 Å². The fourth-order valence-corrected chi connectivity index (χ4v) is 2.08. The van der Waals surface area contributed by atoms with Crippen LogP contribution in [0.5, 0.6) is 5.75 Å². The number of benzene rings is 1. The van der Waals surface area contributed by atoms with Gasteiger partial charge in [0.1, 0.15) is 23.9 Å². The van der Waals surface area contributed by atoms with Crippen LogP contribution < -0.4 is 10.1 Å². The normalized spacial score (nSPS) is 10.8. The average Bonchev–Trinajstić information content (AvgIpc) is 2.78. The molecule has 0 radical (unpaired) electrons. The van der Waals surface area contributed by atoms with Gasteiger partial charge in [-0.3, -0.25) is 0 Å². The second kappa shape index (κ2) is 7.02. The van der Waals surface area contributed by atoms with Crippen molar-refractivity contribution in [3.63, 3.8) is 0 Å². The van der Waals surface area contributed by atoms with Gasteiger partial charge in [-0.2, -0.15) is 0 Å². The van der Waals surface area contributed by atoms with Gasteiger partial charge in [0.15, 0.2) is 0 Å². The molecule has 3 nitrogen and oxygen atoms in total. The third kappa shape index (κ3) is 3.92. The summed E-state index contributed by atoms with van der Waals surface area (Å²) in [5.41, 5.74) is 1.12. The van der Waals surface area contributed by atoms with E-state index in [0.717, 1.165) is 30.2 Å². The van der Waals surface area contributed by atoms with Crippen LogP contribution in [0, 0.1) is 6.92 Å². The monoisotopic (exact) mass is 313 g/mol. The number of hydrogen-bond acceptors (Lipinski definition) is 3. The van der Waals surface area contributed by atoms with E-state index in [1.807, 2.05) is 13.0 Å². The van der Waals surface area contributed by atoms with E-state index in [2.05, 4.69) is 12.2 Å². The Bertz CT molecular complexity index is 581. The Kier molecular flexibility index (Phi) is 5.35. The molecule has 0 spiro atoms. The summed E-state index contributed by atoms with van der Waals surface area (Å²) >= 11 is 11.8. The second-order valence-corrected chi connectivity index (χ2v) is 5.28. The summed E-state index contributed by atoms with van der Waals surface area (Å²) in [7, 11) is 0. The first-order valence-electron chi connectivity index (χ1n) is 6.47. The van der Waals surface area contributed by atoms with Crippen LogP contribution in [0.15, 0.2) is 28.7 Å². The van der Waals surface area contributed by atoms with Crippen molar-refractivity contribution in [1.29, 1.82) is 0 Å². The lowest BCUT2D eigenvalue weighted by atomic mass is 10.2. The topological polar surface area (TPSA) is 34.4 Å². The van der Waals surface area contributed by atoms with Crippen molar-refractivity contribution in [2.24, 2.45) is 0 Å². The van der Waals surface area contributed by atoms with Crippen LogP contribution in [0.2, 0.25) is 10.0 Å². The fraction of sp³-hybridized carbons (Fsp3) is 0.333. The Balaban J connectivity index is 1.98. The van der Waals surface area contributed by atoms with Crippen molar-refractivity contribution in [1.82, 2.24) is 5.32 Å². The van der Waals surface area contributed by atoms with Crippen LogP contribution >= 0.6 is 23.2 Å². The number of nitrogens with one attached hydrogen (secondary N) is 1. The van der Waals surface area contributed by atoms with Gasteiger partial charge in [0.25, 0.3) is 0 Å². The molecular weight excluding hydrogens is 297 g/mol. The Morgan fingerprint density at radius 1 is 1.20 bits per heavy atom. The van der Waals surface area contributed by atoms with Crippen LogP contribution in [0.25, 0.3) is 0 Å². The number of aryl methyl sites for hydroxylation is 1. The van der Waals surface area contributed by atoms with Crippen molar-refractivity contribution >= 4 is 23.2 Å². The molecule has 5 heteroatoms. The smallest absolute Gasteiger partial charge is 0.146 e. The Labute approximate surface area is 128 Å². The van der Waals surface area contributed by atoms with Crippen LogP contribution in [0.4, 0.5) is 0 Å². The molecule has 2 rings (SSSR count). The largest absolute Gasteiger partial charge is 0.486 e. The van der Waals surface area contributed by atoms with Crippen molar-refractivity contribution < 1.29 is 9.15 Å². The highest BCUT2D eigenvalue weighted by Gasteiger charge is 2.08. The first kappa shape index (κ1) is 15.2. The minimum atomic E-state index is 0.366. The molecule has 1 N–H and O–H groups in total. The Morgan fingerprint density at radius 3 is 2.70 bits per heavy atom. The quantitative estimate of drug-likeness (QED) is 0.847. The van der Waals surface area contributed by atoms with Gasteiger partial charge in [-0.25, -0.2) is 0 Å². The maximum Gasteiger partial charge on any atom is 0.146 e. The van der Waals surface area contributed by atoms with Crippen LogP contribution in [-0.2, 0) is 13.2 Å². The third-order valence-corrected chi connectivity index (χ3v) is 3.62. The van der Waals surface area contributed by atoms with Crippen molar-refractivity contribution in [3.05, 3.63) is 51.4 Å². The lowest BCUT2D eigenvalue weighted by molar-refractivity contribution is 0.265. The van der Waals surface area contributed by atoms with E-state index in [1.165, 1.54) is 0 Å². The molecule has 1 aromatic carbocycles. The molecule has 0 fully saturated rings. The number of hydrogen-bond donors (Lipinski definition) is 1. The number of halogens is 2. The predicted octanol–water partition coefficient (Wildman–Crippen LogP) is 4.58. The van der Waals surface area contributed by atoms with Gasteiger partial charge >= 0.3 is 0 Å². The van der Waals surface area contributed by atoms with E-state index >= 15 is 0 Å². The number of furan rings is 1. The van der Waals surface area contributed by atoms with Gasteiger partial charge in [0.2, 0.25) is 0 Å². The molecule has 0 saturated heterocycles. The lowest BCUT2D eigenvalue weighted by Gasteiger charge is -2.05. The van der Waals surface area contributed by atoms with E-state index in [-0.39, 0.29) is 0 Å². The summed E-state index contributed by atoms with van der Waals surface area (Å²) in [6.07, 6.45) is 0. The van der Waals surface area contributed by atoms with Crippen LogP contribution in [-0.4, -0.2) is 6.54 Å². The Hall–Kier alpha value is -1.16. The summed E-state index contributed by atoms with van der Waals surface area (Å²) in [4.78, 5) is 0. The van der Waals surface area contributed by atoms with E-state index in [1.54, 1.807) is 18.2 Å². The maximum absolute atomic E-state index is 5.94. The number of ether oxygens (including phenoxy) is 1. The molecular formula is C15H17Cl2NO2. The van der Waals surface area contributed by atoms with Gasteiger partial charge in [-0.05, 0) is 37.2 Å². The first-order chi connectivity index (χ1) is 9.60. The van der Waals surface area contributed by atoms with Crippen molar-refractivity contribution in [3.8, 4) is 5.75 Å². The zero-order valence-electron chi connectivity index (χ0n) is 11.5. The minimum absolute atomic E-state index is 0.366. The van der Waals surface area contributed by atoms with Crippen LogP contribution in [0.3, 0.4) is 0 Å². The van der Waals surface area contributed by atoms with Crippen molar-refractivity contribution in [2.75, 3.05) is 6.54 Å². The molecule has 0 aliphatic heterocycles. The van der Waals surface area contributed by atoms with Gasteiger partial charge in [0, 0.05) is 6.07 Å². The summed E-state index contributed by atoms with van der Waals surface area (Å²) in [5.74, 6) is 2.41. The molecule has 0 aliphatic carbocycles. The lowest BCUT2D eigenvalue weighted by Crippen LogP contribution is -2.11. The van der Waals surface area contributed by atoms with Crippen LogP contribution in [0.1, 0.15) is 24.0 Å². The van der Waals surface area contributed by atoms with Crippen molar-refractivity contribution in [2.45, 2.75) is 27.0 Å². The summed E-state index contributed by atoms with van der Waals surface area (Å²) in [6.45, 7) is 6.10. The zero-order valence-corrected chi connectivity index (χ0v) is 13.0.